The van der Waals surface area contributed by atoms with E-state index in [9.17, 15) is 0 Å². The summed E-state index contributed by atoms with van der Waals surface area (Å²) in [5.74, 6) is 6.69. The topological polar surface area (TPSA) is 25.2 Å². The second-order valence-electron chi connectivity index (χ2n) is 2.67. The van der Waals surface area contributed by atoms with Crippen molar-refractivity contribution in [1.29, 1.82) is 0 Å². The van der Waals surface area contributed by atoms with E-state index in [0.717, 1.165) is 10.4 Å². The number of rotatable bonds is 3. The fraction of sp³-hybridized carbons (Fsp3) is 0.400. The van der Waals surface area contributed by atoms with Gasteiger partial charge in [0.05, 0.1) is 12.6 Å². The average molecular weight is 242 g/mol. The van der Waals surface area contributed by atoms with Crippen LogP contribution in [-0.4, -0.2) is 6.54 Å². The van der Waals surface area contributed by atoms with Crippen molar-refractivity contribution in [3.8, 4) is 11.8 Å². The Morgan fingerprint density at radius 2 is 2.38 bits per heavy atom. The van der Waals surface area contributed by atoms with Gasteiger partial charge < -0.3 is 4.42 Å². The van der Waals surface area contributed by atoms with Crippen molar-refractivity contribution in [2.45, 2.75) is 19.9 Å². The van der Waals surface area contributed by atoms with Crippen molar-refractivity contribution in [1.82, 2.24) is 5.32 Å². The summed E-state index contributed by atoms with van der Waals surface area (Å²) in [5.41, 5.74) is 0. The van der Waals surface area contributed by atoms with Crippen molar-refractivity contribution in [3.05, 3.63) is 22.6 Å². The third-order valence-corrected chi connectivity index (χ3v) is 2.12. The van der Waals surface area contributed by atoms with E-state index in [1.165, 1.54) is 0 Å². The van der Waals surface area contributed by atoms with Crippen LogP contribution in [0.1, 0.15) is 25.6 Å². The van der Waals surface area contributed by atoms with Crippen molar-refractivity contribution < 1.29 is 4.42 Å². The molecule has 0 saturated heterocycles. The fourth-order valence-electron chi connectivity index (χ4n) is 0.954. The monoisotopic (exact) mass is 241 g/mol. The van der Waals surface area contributed by atoms with Crippen LogP contribution in [0.15, 0.2) is 21.2 Å². The highest BCUT2D eigenvalue weighted by atomic mass is 79.9. The Labute approximate surface area is 86.8 Å². The van der Waals surface area contributed by atoms with Gasteiger partial charge in [-0.3, -0.25) is 5.32 Å². The molecule has 1 heterocycles. The molecule has 1 atom stereocenters. The molecule has 2 nitrogen and oxygen atoms in total. The van der Waals surface area contributed by atoms with Crippen LogP contribution in [0.3, 0.4) is 0 Å². The number of hydrogen-bond donors (Lipinski definition) is 1. The number of nitrogens with one attached hydrogen (secondary N) is 1. The van der Waals surface area contributed by atoms with Crippen LogP contribution in [-0.2, 0) is 0 Å². The van der Waals surface area contributed by atoms with Crippen LogP contribution in [0, 0.1) is 11.8 Å². The zero-order valence-electron chi connectivity index (χ0n) is 7.73. The van der Waals surface area contributed by atoms with E-state index in [1.807, 2.05) is 26.0 Å². The summed E-state index contributed by atoms with van der Waals surface area (Å²) < 4.78 is 6.14. The zero-order valence-corrected chi connectivity index (χ0v) is 9.31. The Morgan fingerprint density at radius 1 is 1.62 bits per heavy atom. The highest BCUT2D eigenvalue weighted by Crippen LogP contribution is 2.19. The van der Waals surface area contributed by atoms with E-state index in [4.69, 9.17) is 4.42 Å². The molecule has 1 aromatic heterocycles. The highest BCUT2D eigenvalue weighted by Gasteiger charge is 2.07. The molecule has 0 aliphatic rings. The Balaban J connectivity index is 2.47. The molecule has 0 fully saturated rings. The highest BCUT2D eigenvalue weighted by molar-refractivity contribution is 9.10. The molecule has 1 aromatic rings. The normalized spacial score (nSPS) is 11.9. The lowest BCUT2D eigenvalue weighted by atomic mass is 10.2. The van der Waals surface area contributed by atoms with E-state index in [-0.39, 0.29) is 6.04 Å². The maximum atomic E-state index is 5.38. The van der Waals surface area contributed by atoms with Crippen molar-refractivity contribution in [2.24, 2.45) is 0 Å². The van der Waals surface area contributed by atoms with Crippen molar-refractivity contribution in [3.63, 3.8) is 0 Å². The first kappa shape index (κ1) is 10.4. The molecule has 0 radical (unpaired) electrons. The first-order chi connectivity index (χ1) is 6.24. The average Bonchev–Trinajstić information content (AvgIpc) is 2.52. The van der Waals surface area contributed by atoms with Gasteiger partial charge >= 0.3 is 0 Å². The third-order valence-electron chi connectivity index (χ3n) is 1.69. The van der Waals surface area contributed by atoms with E-state index in [0.29, 0.717) is 6.54 Å². The van der Waals surface area contributed by atoms with Crippen LogP contribution >= 0.6 is 15.9 Å². The van der Waals surface area contributed by atoms with E-state index in [1.54, 1.807) is 0 Å². The van der Waals surface area contributed by atoms with E-state index in [2.05, 4.69) is 33.1 Å². The number of hydrogen-bond acceptors (Lipinski definition) is 2. The van der Waals surface area contributed by atoms with Gasteiger partial charge in [-0.05, 0) is 41.9 Å². The van der Waals surface area contributed by atoms with Crippen molar-refractivity contribution in [2.75, 3.05) is 6.54 Å². The van der Waals surface area contributed by atoms with Gasteiger partial charge in [0, 0.05) is 0 Å². The van der Waals surface area contributed by atoms with Crippen LogP contribution in [0.25, 0.3) is 0 Å². The van der Waals surface area contributed by atoms with Crippen molar-refractivity contribution >= 4 is 15.9 Å². The van der Waals surface area contributed by atoms with Gasteiger partial charge in [-0.1, -0.05) is 5.92 Å². The van der Waals surface area contributed by atoms with E-state index >= 15 is 0 Å². The molecule has 1 unspecified atom stereocenters. The molecule has 70 valence electrons. The predicted octanol–water partition coefficient (Wildman–Crippen LogP) is 2.72. The number of furan rings is 1. The molecule has 0 aliphatic heterocycles. The molecule has 0 spiro atoms. The standard InChI is InChI=1S/C10H12BrNO/c1-3-4-7-12-8(2)9-5-6-10(11)13-9/h5-6,8,12H,7H2,1-2H3. The maximum Gasteiger partial charge on any atom is 0.169 e. The smallest absolute Gasteiger partial charge is 0.169 e. The Bertz CT molecular complexity index is 321. The molecule has 0 amide bonds. The first-order valence-electron chi connectivity index (χ1n) is 4.12. The predicted molar refractivity (Wildman–Crippen MR) is 56.3 cm³/mol. The van der Waals surface area contributed by atoms with Crippen LogP contribution in [0.4, 0.5) is 0 Å². The minimum Gasteiger partial charge on any atom is -0.453 e. The maximum absolute atomic E-state index is 5.38. The molecule has 1 rings (SSSR count). The quantitative estimate of drug-likeness (QED) is 0.824. The number of halogens is 1. The zero-order chi connectivity index (χ0) is 9.68. The third kappa shape index (κ3) is 3.25. The Hall–Kier alpha value is -0.720. The lowest BCUT2D eigenvalue weighted by molar-refractivity contribution is 0.429. The molecule has 1 N–H and O–H groups in total. The van der Waals surface area contributed by atoms with Gasteiger partial charge in [0.1, 0.15) is 5.76 Å². The summed E-state index contributed by atoms with van der Waals surface area (Å²) in [6.45, 7) is 4.56. The Kier molecular flexibility index (Phi) is 4.07. The minimum absolute atomic E-state index is 0.201. The SMILES string of the molecule is CC#CCNC(C)c1ccc(Br)o1. The second-order valence-corrected chi connectivity index (χ2v) is 3.45. The summed E-state index contributed by atoms with van der Waals surface area (Å²) in [6.07, 6.45) is 0. The Morgan fingerprint density at radius 3 is 2.92 bits per heavy atom. The summed E-state index contributed by atoms with van der Waals surface area (Å²) in [4.78, 5) is 0. The molecular weight excluding hydrogens is 230 g/mol. The van der Waals surface area contributed by atoms with Crippen LogP contribution in [0.2, 0.25) is 0 Å². The summed E-state index contributed by atoms with van der Waals surface area (Å²) in [7, 11) is 0. The molecule has 0 aliphatic carbocycles. The summed E-state index contributed by atoms with van der Waals surface area (Å²) in [6, 6.07) is 4.03. The van der Waals surface area contributed by atoms with Gasteiger partial charge in [0.2, 0.25) is 0 Å². The molecule has 0 aromatic carbocycles. The summed E-state index contributed by atoms with van der Waals surface area (Å²) >= 11 is 3.26. The van der Waals surface area contributed by atoms with Gasteiger partial charge in [-0.15, -0.1) is 5.92 Å². The largest absolute Gasteiger partial charge is 0.453 e. The van der Waals surface area contributed by atoms with E-state index < -0.39 is 0 Å². The van der Waals surface area contributed by atoms with Gasteiger partial charge in [-0.25, -0.2) is 0 Å². The second kappa shape index (κ2) is 5.11. The lowest BCUT2D eigenvalue weighted by Gasteiger charge is -2.07. The molecule has 3 heteroatoms. The molecule has 0 saturated carbocycles. The van der Waals surface area contributed by atoms with Gasteiger partial charge in [0.25, 0.3) is 0 Å². The van der Waals surface area contributed by atoms with Gasteiger partial charge in [-0.2, -0.15) is 0 Å². The molecular formula is C10H12BrNO. The summed E-state index contributed by atoms with van der Waals surface area (Å²) in [5, 5.41) is 3.22. The fourth-order valence-corrected chi connectivity index (χ4v) is 1.27. The lowest BCUT2D eigenvalue weighted by Crippen LogP contribution is -2.18. The molecule has 0 bridgehead atoms. The molecule has 13 heavy (non-hydrogen) atoms. The minimum atomic E-state index is 0.201. The first-order valence-corrected chi connectivity index (χ1v) is 4.91. The van der Waals surface area contributed by atoms with Crippen LogP contribution in [0.5, 0.6) is 0 Å². The van der Waals surface area contributed by atoms with Crippen LogP contribution < -0.4 is 5.32 Å². The van der Waals surface area contributed by atoms with Gasteiger partial charge in [0.15, 0.2) is 4.67 Å².